The second-order valence-electron chi connectivity index (χ2n) is 5.65. The molecule has 1 atom stereocenters. The van der Waals surface area contributed by atoms with Gasteiger partial charge >= 0.3 is 0 Å². The van der Waals surface area contributed by atoms with Gasteiger partial charge in [0, 0.05) is 43.4 Å². The van der Waals surface area contributed by atoms with E-state index in [2.05, 4.69) is 10.6 Å². The van der Waals surface area contributed by atoms with E-state index < -0.39 is 11.9 Å². The minimum absolute atomic E-state index is 0.162. The van der Waals surface area contributed by atoms with Crippen LogP contribution in [0.2, 0.25) is 0 Å². The fourth-order valence-corrected chi connectivity index (χ4v) is 3.04. The van der Waals surface area contributed by atoms with E-state index in [1.165, 1.54) is 0 Å². The molecule has 0 bridgehead atoms. The van der Waals surface area contributed by atoms with E-state index in [-0.39, 0.29) is 18.2 Å². The van der Waals surface area contributed by atoms with Crippen molar-refractivity contribution in [1.82, 2.24) is 10.2 Å². The number of fused-ring (bicyclic) bond motifs is 1. The van der Waals surface area contributed by atoms with Crippen LogP contribution in [0.15, 0.2) is 18.2 Å². The molecule has 0 saturated carbocycles. The number of rotatable bonds is 5. The number of benzene rings is 1. The Kier molecular flexibility index (Phi) is 4.29. The van der Waals surface area contributed by atoms with Crippen LogP contribution in [0.1, 0.15) is 28.8 Å². The van der Waals surface area contributed by atoms with E-state index in [9.17, 15) is 14.4 Å². The first-order valence-electron chi connectivity index (χ1n) is 7.61. The van der Waals surface area contributed by atoms with Gasteiger partial charge in [0.25, 0.3) is 5.91 Å². The number of carbonyl (C=O) groups excluding carboxylic acids is 3. The number of imide groups is 1. The smallest absolute Gasteiger partial charge is 0.255 e. The van der Waals surface area contributed by atoms with Crippen molar-refractivity contribution in [3.63, 3.8) is 0 Å². The van der Waals surface area contributed by atoms with Gasteiger partial charge < -0.3 is 15.0 Å². The number of nitrogens with one attached hydrogen (secondary N) is 2. The van der Waals surface area contributed by atoms with Crippen molar-refractivity contribution < 1.29 is 19.1 Å². The fourth-order valence-electron chi connectivity index (χ4n) is 3.04. The van der Waals surface area contributed by atoms with Crippen LogP contribution >= 0.6 is 0 Å². The maximum absolute atomic E-state index is 12.6. The van der Waals surface area contributed by atoms with Crippen molar-refractivity contribution in [2.45, 2.75) is 25.4 Å². The Labute approximate surface area is 134 Å². The SMILES string of the molecule is COCCNc1cccc2c1CN(C1CCC(=O)NC1=O)C2=O. The summed E-state index contributed by atoms with van der Waals surface area (Å²) < 4.78 is 5.02. The van der Waals surface area contributed by atoms with E-state index >= 15 is 0 Å². The zero-order chi connectivity index (χ0) is 16.4. The Morgan fingerprint density at radius 3 is 2.91 bits per heavy atom. The summed E-state index contributed by atoms with van der Waals surface area (Å²) in [6, 6.07) is 4.92. The van der Waals surface area contributed by atoms with E-state index in [1.54, 1.807) is 18.1 Å². The number of carbonyl (C=O) groups is 3. The molecule has 7 heteroatoms. The molecule has 0 aliphatic carbocycles. The molecule has 7 nitrogen and oxygen atoms in total. The van der Waals surface area contributed by atoms with E-state index in [0.29, 0.717) is 31.7 Å². The van der Waals surface area contributed by atoms with Gasteiger partial charge in [0.2, 0.25) is 11.8 Å². The number of ether oxygens (including phenoxy) is 1. The van der Waals surface area contributed by atoms with Gasteiger partial charge in [-0.2, -0.15) is 0 Å². The van der Waals surface area contributed by atoms with Gasteiger partial charge in [0.15, 0.2) is 0 Å². The van der Waals surface area contributed by atoms with Crippen molar-refractivity contribution in [2.75, 3.05) is 25.6 Å². The lowest BCUT2D eigenvalue weighted by Crippen LogP contribution is -2.52. The Hall–Kier alpha value is -2.41. The Balaban J connectivity index is 1.80. The molecule has 2 heterocycles. The highest BCUT2D eigenvalue weighted by Crippen LogP contribution is 2.32. The normalized spacial score (nSPS) is 20.5. The molecule has 3 amide bonds. The van der Waals surface area contributed by atoms with Gasteiger partial charge in [-0.3, -0.25) is 19.7 Å². The van der Waals surface area contributed by atoms with Crippen LogP contribution in [0.3, 0.4) is 0 Å². The van der Waals surface area contributed by atoms with Gasteiger partial charge in [-0.1, -0.05) is 6.07 Å². The number of piperidine rings is 1. The van der Waals surface area contributed by atoms with E-state index in [4.69, 9.17) is 4.74 Å². The lowest BCUT2D eigenvalue weighted by Gasteiger charge is -2.29. The summed E-state index contributed by atoms with van der Waals surface area (Å²) in [6.45, 7) is 1.57. The van der Waals surface area contributed by atoms with Crippen LogP contribution in [0.25, 0.3) is 0 Å². The largest absolute Gasteiger partial charge is 0.383 e. The molecule has 0 spiro atoms. The zero-order valence-corrected chi connectivity index (χ0v) is 12.9. The van der Waals surface area contributed by atoms with Crippen LogP contribution in [0, 0.1) is 0 Å². The molecule has 1 aromatic rings. The zero-order valence-electron chi connectivity index (χ0n) is 12.9. The molecule has 1 fully saturated rings. The quantitative estimate of drug-likeness (QED) is 0.610. The van der Waals surface area contributed by atoms with E-state index in [0.717, 1.165) is 11.3 Å². The minimum Gasteiger partial charge on any atom is -0.383 e. The lowest BCUT2D eigenvalue weighted by atomic mass is 10.0. The molecule has 122 valence electrons. The van der Waals surface area contributed by atoms with Gasteiger partial charge in [-0.15, -0.1) is 0 Å². The average molecular weight is 317 g/mol. The lowest BCUT2D eigenvalue weighted by molar-refractivity contribution is -0.136. The summed E-state index contributed by atoms with van der Waals surface area (Å²) in [6.07, 6.45) is 0.631. The van der Waals surface area contributed by atoms with Crippen molar-refractivity contribution in [1.29, 1.82) is 0 Å². The highest BCUT2D eigenvalue weighted by molar-refractivity contribution is 6.06. The van der Waals surface area contributed by atoms with Crippen LogP contribution in [0.4, 0.5) is 5.69 Å². The number of anilines is 1. The summed E-state index contributed by atoms with van der Waals surface area (Å²) >= 11 is 0. The maximum Gasteiger partial charge on any atom is 0.255 e. The molecule has 2 N–H and O–H groups in total. The predicted molar refractivity (Wildman–Crippen MR) is 82.9 cm³/mol. The first-order chi connectivity index (χ1) is 11.1. The molecule has 0 aromatic heterocycles. The van der Waals surface area contributed by atoms with Crippen molar-refractivity contribution in [3.8, 4) is 0 Å². The second kappa shape index (κ2) is 6.37. The molecule has 23 heavy (non-hydrogen) atoms. The number of nitrogens with zero attached hydrogens (tertiary/aromatic N) is 1. The molecular weight excluding hydrogens is 298 g/mol. The third-order valence-electron chi connectivity index (χ3n) is 4.20. The number of hydrogen-bond donors (Lipinski definition) is 2. The van der Waals surface area contributed by atoms with Gasteiger partial charge in [0.1, 0.15) is 6.04 Å². The number of hydrogen-bond acceptors (Lipinski definition) is 5. The molecule has 3 rings (SSSR count). The average Bonchev–Trinajstić information content (AvgIpc) is 2.86. The molecule has 1 aromatic carbocycles. The number of methoxy groups -OCH3 is 1. The summed E-state index contributed by atoms with van der Waals surface area (Å²) in [5, 5.41) is 5.56. The predicted octanol–water partition coefficient (Wildman–Crippen LogP) is 0.506. The highest BCUT2D eigenvalue weighted by Gasteiger charge is 2.39. The summed E-state index contributed by atoms with van der Waals surface area (Å²) in [7, 11) is 1.63. The molecule has 1 unspecified atom stereocenters. The summed E-state index contributed by atoms with van der Waals surface area (Å²) in [4.78, 5) is 37.5. The fraction of sp³-hybridized carbons (Fsp3) is 0.438. The van der Waals surface area contributed by atoms with Gasteiger partial charge in [-0.05, 0) is 18.6 Å². The number of amides is 3. The molecule has 0 radical (unpaired) electrons. The van der Waals surface area contributed by atoms with Crippen molar-refractivity contribution in [2.24, 2.45) is 0 Å². The molecule has 1 saturated heterocycles. The minimum atomic E-state index is -0.584. The summed E-state index contributed by atoms with van der Waals surface area (Å²) in [5.74, 6) is -0.835. The Morgan fingerprint density at radius 2 is 2.17 bits per heavy atom. The monoisotopic (exact) mass is 317 g/mol. The standard InChI is InChI=1S/C16H19N3O4/c1-23-8-7-17-12-4-2-3-10-11(12)9-19(16(10)22)13-5-6-14(20)18-15(13)21/h2-4,13,17H,5-9H2,1H3,(H,18,20,21). The van der Waals surface area contributed by atoms with Crippen LogP contribution in [-0.4, -0.2) is 48.9 Å². The summed E-state index contributed by atoms with van der Waals surface area (Å²) in [5.41, 5.74) is 2.37. The van der Waals surface area contributed by atoms with Crippen LogP contribution in [0.5, 0.6) is 0 Å². The van der Waals surface area contributed by atoms with Gasteiger partial charge in [0.05, 0.1) is 6.61 Å². The third kappa shape index (κ3) is 2.92. The maximum atomic E-state index is 12.6. The second-order valence-corrected chi connectivity index (χ2v) is 5.65. The third-order valence-corrected chi connectivity index (χ3v) is 4.20. The molecular formula is C16H19N3O4. The molecule has 2 aliphatic heterocycles. The Morgan fingerprint density at radius 1 is 1.35 bits per heavy atom. The van der Waals surface area contributed by atoms with Crippen molar-refractivity contribution >= 4 is 23.4 Å². The first kappa shape index (κ1) is 15.5. The topological polar surface area (TPSA) is 87.7 Å². The Bertz CT molecular complexity index is 659. The van der Waals surface area contributed by atoms with Crippen LogP contribution < -0.4 is 10.6 Å². The van der Waals surface area contributed by atoms with Crippen molar-refractivity contribution in [3.05, 3.63) is 29.3 Å². The van der Waals surface area contributed by atoms with Crippen LogP contribution in [-0.2, 0) is 20.9 Å². The van der Waals surface area contributed by atoms with E-state index in [1.807, 2.05) is 12.1 Å². The highest BCUT2D eigenvalue weighted by atomic mass is 16.5. The molecule has 2 aliphatic rings. The van der Waals surface area contributed by atoms with Gasteiger partial charge in [-0.25, -0.2) is 0 Å². The first-order valence-corrected chi connectivity index (χ1v) is 7.61.